The minimum atomic E-state index is -2.88. The number of rotatable bonds is 7. The number of aromatic hydroxyl groups is 1. The molecule has 0 aliphatic heterocycles. The van der Waals surface area contributed by atoms with Gasteiger partial charge in [0.2, 0.25) is 5.78 Å². The van der Waals surface area contributed by atoms with Crippen LogP contribution < -0.4 is 5.73 Å². The van der Waals surface area contributed by atoms with E-state index in [4.69, 9.17) is 10.5 Å². The molecule has 38 heavy (non-hydrogen) atoms. The Morgan fingerprint density at radius 3 is 2.50 bits per heavy atom. The Morgan fingerprint density at radius 2 is 1.87 bits per heavy atom. The quantitative estimate of drug-likeness (QED) is 0.169. The first-order chi connectivity index (χ1) is 17.9. The van der Waals surface area contributed by atoms with E-state index in [9.17, 15) is 44.7 Å². The van der Waals surface area contributed by atoms with E-state index in [0.717, 1.165) is 12.8 Å². The van der Waals surface area contributed by atoms with Gasteiger partial charge in [0, 0.05) is 30.3 Å². The van der Waals surface area contributed by atoms with Crippen LogP contribution in [0.25, 0.3) is 5.76 Å². The topological polar surface area (TPSA) is 205 Å². The van der Waals surface area contributed by atoms with Gasteiger partial charge in [-0.3, -0.25) is 19.2 Å². The van der Waals surface area contributed by atoms with Gasteiger partial charge < -0.3 is 36.0 Å². The Kier molecular flexibility index (Phi) is 7.11. The lowest BCUT2D eigenvalue weighted by Gasteiger charge is -2.50. The number of phenols is 1. The van der Waals surface area contributed by atoms with Gasteiger partial charge in [-0.2, -0.15) is 0 Å². The Bertz CT molecular complexity index is 1290. The summed E-state index contributed by atoms with van der Waals surface area (Å²) in [6.07, 6.45) is -0.462. The van der Waals surface area contributed by atoms with Crippen LogP contribution in [0, 0.1) is 11.8 Å². The third-order valence-electron chi connectivity index (χ3n) is 7.93. The number of aliphatic hydroxyl groups is 4. The highest BCUT2D eigenvalue weighted by Gasteiger charge is 2.65. The number of phenolic OH excluding ortho intramolecular Hbond substituents is 1. The van der Waals surface area contributed by atoms with Gasteiger partial charge in [0.05, 0.1) is 18.3 Å². The molecule has 1 aromatic carbocycles. The third kappa shape index (κ3) is 3.97. The summed E-state index contributed by atoms with van der Waals surface area (Å²) < 4.78 is 5.20. The number of benzene rings is 1. The third-order valence-corrected chi connectivity index (χ3v) is 7.93. The van der Waals surface area contributed by atoms with Crippen molar-refractivity contribution in [3.63, 3.8) is 0 Å². The van der Waals surface area contributed by atoms with Gasteiger partial charge in [-0.05, 0) is 36.0 Å². The molecular formula is C27H31NO10. The summed E-state index contributed by atoms with van der Waals surface area (Å²) in [7, 11) is 0. The van der Waals surface area contributed by atoms with Crippen LogP contribution in [-0.2, 0) is 30.3 Å². The zero-order chi connectivity index (χ0) is 28.1. The van der Waals surface area contributed by atoms with Crippen molar-refractivity contribution in [3.05, 3.63) is 45.7 Å². The summed E-state index contributed by atoms with van der Waals surface area (Å²) in [4.78, 5) is 50.2. The highest BCUT2D eigenvalue weighted by molar-refractivity contribution is 6.23. The maximum absolute atomic E-state index is 13.7. The summed E-state index contributed by atoms with van der Waals surface area (Å²) in [5, 5.41) is 55.3. The van der Waals surface area contributed by atoms with Crippen molar-refractivity contribution < 1.29 is 49.4 Å². The molecule has 3 aliphatic carbocycles. The fourth-order valence-corrected chi connectivity index (χ4v) is 6.03. The molecule has 204 valence electrons. The van der Waals surface area contributed by atoms with E-state index in [1.54, 1.807) is 13.0 Å². The Balaban J connectivity index is 1.82. The van der Waals surface area contributed by atoms with Gasteiger partial charge >= 0.3 is 5.97 Å². The fourth-order valence-electron chi connectivity index (χ4n) is 6.03. The second-order valence-corrected chi connectivity index (χ2v) is 10.1. The number of primary amides is 1. The van der Waals surface area contributed by atoms with E-state index in [1.807, 2.05) is 6.92 Å². The highest BCUT2D eigenvalue weighted by atomic mass is 16.5. The first kappa shape index (κ1) is 27.3. The van der Waals surface area contributed by atoms with Crippen LogP contribution in [0.2, 0.25) is 0 Å². The van der Waals surface area contributed by atoms with Crippen LogP contribution >= 0.6 is 0 Å². The normalized spacial score (nSPS) is 28.5. The molecule has 0 bridgehead atoms. The van der Waals surface area contributed by atoms with Crippen molar-refractivity contribution in [1.29, 1.82) is 0 Å². The number of carbonyl (C=O) groups excluding carboxylic acids is 4. The summed E-state index contributed by atoms with van der Waals surface area (Å²) in [6.45, 7) is 3.91. The summed E-state index contributed by atoms with van der Waals surface area (Å²) in [6, 6.07) is 2.87. The lowest BCUT2D eigenvalue weighted by Crippen LogP contribution is -2.64. The number of nitrogens with two attached hydrogens (primary N) is 1. The number of aliphatic hydroxyl groups excluding tert-OH is 3. The van der Waals surface area contributed by atoms with E-state index < -0.39 is 82.0 Å². The molecule has 1 fully saturated rings. The second-order valence-electron chi connectivity index (χ2n) is 10.1. The molecule has 7 N–H and O–H groups in total. The predicted molar refractivity (Wildman–Crippen MR) is 132 cm³/mol. The molecule has 0 unspecified atom stereocenters. The first-order valence-electron chi connectivity index (χ1n) is 12.5. The number of ether oxygens (including phenoxy) is 1. The molecule has 5 atom stereocenters. The van der Waals surface area contributed by atoms with Gasteiger partial charge in [0.25, 0.3) is 5.91 Å². The van der Waals surface area contributed by atoms with Crippen molar-refractivity contribution >= 4 is 29.2 Å². The average Bonchev–Trinajstić information content (AvgIpc) is 2.85. The van der Waals surface area contributed by atoms with E-state index in [2.05, 4.69) is 0 Å². The van der Waals surface area contributed by atoms with Crippen molar-refractivity contribution in [2.45, 2.75) is 63.6 Å². The highest BCUT2D eigenvalue weighted by Crippen LogP contribution is 2.56. The fraction of sp³-hybridized carbons (Fsp3) is 0.481. The molecule has 1 amide bonds. The lowest BCUT2D eigenvalue weighted by molar-refractivity contribution is -0.160. The van der Waals surface area contributed by atoms with Gasteiger partial charge in [-0.25, -0.2) is 0 Å². The molecule has 3 aliphatic rings. The molecule has 1 saturated carbocycles. The SMILES string of the molecule is CCCCOC(=O)CCc1ccc(O)c2c1[C@H](C)[C@@H]1C(=C2O)C(=O)[C@]2(O)C(O)=C(C(N)=O)C(=O)C[C@@H]2[C@H]1O. The van der Waals surface area contributed by atoms with Gasteiger partial charge in [-0.1, -0.05) is 26.3 Å². The van der Waals surface area contributed by atoms with Gasteiger partial charge in [0.1, 0.15) is 22.8 Å². The largest absolute Gasteiger partial charge is 0.508 e. The summed E-state index contributed by atoms with van der Waals surface area (Å²) >= 11 is 0. The van der Waals surface area contributed by atoms with Crippen LogP contribution in [0.15, 0.2) is 29.0 Å². The van der Waals surface area contributed by atoms with Gasteiger partial charge in [0.15, 0.2) is 11.4 Å². The van der Waals surface area contributed by atoms with E-state index in [1.165, 1.54) is 6.07 Å². The molecule has 4 rings (SSSR count). The maximum Gasteiger partial charge on any atom is 0.306 e. The maximum atomic E-state index is 13.7. The van der Waals surface area contributed by atoms with Gasteiger partial charge in [-0.15, -0.1) is 0 Å². The molecule has 0 saturated heterocycles. The minimum Gasteiger partial charge on any atom is -0.508 e. The van der Waals surface area contributed by atoms with Crippen LogP contribution in [0.1, 0.15) is 62.1 Å². The molecular weight excluding hydrogens is 498 g/mol. The molecule has 0 spiro atoms. The molecule has 0 radical (unpaired) electrons. The number of fused-ring (bicyclic) bond motifs is 3. The van der Waals surface area contributed by atoms with Crippen molar-refractivity contribution in [3.8, 4) is 5.75 Å². The first-order valence-corrected chi connectivity index (χ1v) is 12.5. The predicted octanol–water partition coefficient (Wildman–Crippen LogP) is 1.23. The molecule has 1 aromatic rings. The second kappa shape index (κ2) is 9.88. The zero-order valence-corrected chi connectivity index (χ0v) is 21.1. The number of amides is 1. The monoisotopic (exact) mass is 529 g/mol. The van der Waals surface area contributed by atoms with Crippen LogP contribution in [0.5, 0.6) is 5.75 Å². The zero-order valence-electron chi connectivity index (χ0n) is 21.1. The molecule has 0 aromatic heterocycles. The van der Waals surface area contributed by atoms with E-state index >= 15 is 0 Å². The summed E-state index contributed by atoms with van der Waals surface area (Å²) in [5.74, 6) is -9.65. The molecule has 0 heterocycles. The number of esters is 1. The van der Waals surface area contributed by atoms with E-state index in [-0.39, 0.29) is 24.2 Å². The van der Waals surface area contributed by atoms with Crippen LogP contribution in [0.4, 0.5) is 0 Å². The number of Topliss-reactive ketones (excluding diaryl/α,β-unsaturated/α-hetero) is 2. The Morgan fingerprint density at radius 1 is 1.18 bits per heavy atom. The van der Waals surface area contributed by atoms with Crippen molar-refractivity contribution in [2.75, 3.05) is 6.61 Å². The number of hydrogen-bond acceptors (Lipinski definition) is 10. The standard InChI is InChI=1S/C27H31NO10/c1-3-4-9-38-16(31)8-6-12-5-7-14(29)19-17(12)11(2)18-21(23(19)33)25(35)27(37)13(22(18)32)10-15(30)20(24(27)34)26(28)36/h5,7,11,13,18,22,29,32-34,37H,3-4,6,8-10H2,1-2H3,(H2,28,36)/t11-,13+,18+,22+,27+/m0/s1. The number of unbranched alkanes of at least 4 members (excludes halogenated alkanes) is 1. The smallest absolute Gasteiger partial charge is 0.306 e. The lowest BCUT2D eigenvalue weighted by atomic mass is 9.55. The number of carbonyl (C=O) groups is 4. The average molecular weight is 530 g/mol. The molecule has 11 heteroatoms. The number of aryl methyl sites for hydroxylation is 1. The summed E-state index contributed by atoms with van der Waals surface area (Å²) in [5.41, 5.74) is 1.77. The minimum absolute atomic E-state index is 0.0164. The van der Waals surface area contributed by atoms with E-state index in [0.29, 0.717) is 17.7 Å². The van der Waals surface area contributed by atoms with Crippen LogP contribution in [-0.4, -0.2) is 67.3 Å². The van der Waals surface area contributed by atoms with Crippen molar-refractivity contribution in [1.82, 2.24) is 0 Å². The molecule has 11 nitrogen and oxygen atoms in total. The number of ketones is 2. The number of hydrogen-bond donors (Lipinski definition) is 6. The Hall–Kier alpha value is -3.70. The van der Waals surface area contributed by atoms with Crippen LogP contribution in [0.3, 0.4) is 0 Å². The Labute approximate surface area is 218 Å². The van der Waals surface area contributed by atoms with Crippen molar-refractivity contribution in [2.24, 2.45) is 17.6 Å².